The minimum absolute atomic E-state index is 0.0358. The van der Waals surface area contributed by atoms with Crippen molar-refractivity contribution in [1.82, 2.24) is 20.9 Å². The SMILES string of the molecule is CCC[C@H](NC(=O)[C@@H]1C[C@]2(CC(c3cccc(Cl)c3)=NO2)CN1C(=O)[C@@H](NC(=O)CC1CCCCC1)C(C)(C)C)C(O)C(=O)NCc1cc(OC)cc(OC)c1. The van der Waals surface area contributed by atoms with E-state index in [1.165, 1.54) is 25.5 Å². The lowest BCUT2D eigenvalue weighted by Crippen LogP contribution is -2.59. The molecule has 3 aliphatic rings. The molecule has 2 aromatic rings. The van der Waals surface area contributed by atoms with Crippen LogP contribution in [-0.4, -0.2) is 89.9 Å². The zero-order valence-electron chi connectivity index (χ0n) is 33.5. The van der Waals surface area contributed by atoms with Crippen molar-refractivity contribution in [1.29, 1.82) is 0 Å². The molecule has 2 heterocycles. The fraction of sp³-hybridized carbons (Fsp3) is 0.595. The van der Waals surface area contributed by atoms with Crippen molar-refractivity contribution in [2.45, 2.75) is 128 Å². The molecule has 5 rings (SSSR count). The van der Waals surface area contributed by atoms with E-state index in [4.69, 9.17) is 25.9 Å². The zero-order chi connectivity index (χ0) is 40.6. The first-order valence-corrected chi connectivity index (χ1v) is 20.1. The van der Waals surface area contributed by atoms with Gasteiger partial charge in [0, 0.05) is 42.5 Å². The van der Waals surface area contributed by atoms with Crippen LogP contribution >= 0.6 is 11.6 Å². The number of benzene rings is 2. The Bertz CT molecular complexity index is 1740. The van der Waals surface area contributed by atoms with Gasteiger partial charge in [-0.2, -0.15) is 0 Å². The lowest BCUT2D eigenvalue weighted by atomic mass is 9.84. The predicted molar refractivity (Wildman–Crippen MR) is 213 cm³/mol. The third-order valence-corrected chi connectivity index (χ3v) is 11.3. The van der Waals surface area contributed by atoms with Crippen molar-refractivity contribution in [3.63, 3.8) is 0 Å². The molecule has 1 saturated carbocycles. The molecule has 14 heteroatoms. The number of amides is 4. The molecule has 5 atom stereocenters. The third-order valence-electron chi connectivity index (χ3n) is 11.1. The molecule has 2 fully saturated rings. The lowest BCUT2D eigenvalue weighted by molar-refractivity contribution is -0.145. The van der Waals surface area contributed by atoms with Crippen molar-refractivity contribution >= 4 is 40.9 Å². The molecule has 13 nitrogen and oxygen atoms in total. The summed E-state index contributed by atoms with van der Waals surface area (Å²) in [5.41, 5.74) is 0.378. The number of nitrogens with one attached hydrogen (secondary N) is 3. The first kappa shape index (κ1) is 42.8. The summed E-state index contributed by atoms with van der Waals surface area (Å²) in [6.45, 7) is 7.66. The van der Waals surface area contributed by atoms with E-state index in [0.29, 0.717) is 53.5 Å². The van der Waals surface area contributed by atoms with Gasteiger partial charge in [0.25, 0.3) is 5.91 Å². The van der Waals surface area contributed by atoms with E-state index < -0.39 is 53.0 Å². The lowest BCUT2D eigenvalue weighted by Gasteiger charge is -2.36. The number of likely N-dealkylation sites (tertiary alicyclic amines) is 1. The molecular formula is C42H58ClN5O8. The molecule has 1 spiro atoms. The number of methoxy groups -OCH3 is 2. The average Bonchev–Trinajstić information content (AvgIpc) is 3.78. The summed E-state index contributed by atoms with van der Waals surface area (Å²) >= 11 is 6.29. The Morgan fingerprint density at radius 3 is 2.36 bits per heavy atom. The third kappa shape index (κ3) is 10.7. The number of carbonyl (C=O) groups is 4. The molecule has 2 aromatic carbocycles. The molecule has 4 amide bonds. The van der Waals surface area contributed by atoms with Gasteiger partial charge in [-0.1, -0.05) is 82.3 Å². The summed E-state index contributed by atoms with van der Waals surface area (Å²) in [5, 5.41) is 24.9. The van der Waals surface area contributed by atoms with E-state index in [1.807, 2.05) is 39.8 Å². The van der Waals surface area contributed by atoms with Gasteiger partial charge in [0.2, 0.25) is 17.7 Å². The summed E-state index contributed by atoms with van der Waals surface area (Å²) in [4.78, 5) is 63.5. The fourth-order valence-corrected chi connectivity index (χ4v) is 8.17. The number of rotatable bonds is 15. The van der Waals surface area contributed by atoms with Gasteiger partial charge in [0.1, 0.15) is 23.6 Å². The largest absolute Gasteiger partial charge is 0.497 e. The standard InChI is InChI=1S/C42H58ClN5O8/c1-7-12-32(36(50)39(52)44-24-27-17-30(54-5)21-31(18-27)55-6)45-38(51)34-23-42(22-33(47-56-42)28-15-11-16-29(43)20-28)25-48(34)40(53)37(41(2,3)4)46-35(49)19-26-13-9-8-10-14-26/h11,15-18,20-21,26,32,34,36-37,50H,7-10,12-14,19,22-25H2,1-6H3,(H,44,52)(H,45,51)(H,46,49)/t32-,34-,36?,37+,42+/m0/s1. The van der Waals surface area contributed by atoms with E-state index in [-0.39, 0.29) is 31.3 Å². The van der Waals surface area contributed by atoms with Crippen LogP contribution in [0.25, 0.3) is 0 Å². The van der Waals surface area contributed by atoms with Crippen LogP contribution in [0.4, 0.5) is 0 Å². The molecule has 2 aliphatic heterocycles. The van der Waals surface area contributed by atoms with Gasteiger partial charge in [0.15, 0.2) is 11.7 Å². The van der Waals surface area contributed by atoms with Crippen LogP contribution in [0.15, 0.2) is 47.6 Å². The van der Waals surface area contributed by atoms with Crippen molar-refractivity contribution in [3.8, 4) is 11.5 Å². The highest BCUT2D eigenvalue weighted by molar-refractivity contribution is 6.31. The number of hydrogen-bond acceptors (Lipinski definition) is 9. The van der Waals surface area contributed by atoms with Gasteiger partial charge in [-0.15, -0.1) is 0 Å². The van der Waals surface area contributed by atoms with Gasteiger partial charge >= 0.3 is 0 Å². The first-order chi connectivity index (χ1) is 26.6. The summed E-state index contributed by atoms with van der Waals surface area (Å²) in [5.74, 6) is -0.439. The quantitative estimate of drug-likeness (QED) is 0.189. The van der Waals surface area contributed by atoms with Crippen molar-refractivity contribution < 1.29 is 38.6 Å². The van der Waals surface area contributed by atoms with Gasteiger partial charge in [-0.25, -0.2) is 0 Å². The molecule has 1 saturated heterocycles. The molecule has 0 radical (unpaired) electrons. The maximum absolute atomic E-state index is 14.7. The highest BCUT2D eigenvalue weighted by Gasteiger charge is 2.55. The molecule has 56 heavy (non-hydrogen) atoms. The average molecular weight is 796 g/mol. The first-order valence-electron chi connectivity index (χ1n) is 19.7. The van der Waals surface area contributed by atoms with E-state index in [9.17, 15) is 24.3 Å². The van der Waals surface area contributed by atoms with Crippen LogP contribution in [-0.2, 0) is 30.6 Å². The Labute approximate surface area is 335 Å². The number of aliphatic hydroxyl groups is 1. The second-order valence-electron chi connectivity index (χ2n) is 16.5. The Hall–Kier alpha value is -4.36. The second-order valence-corrected chi connectivity index (χ2v) is 17.0. The number of nitrogens with zero attached hydrogens (tertiary/aromatic N) is 2. The number of hydrogen-bond donors (Lipinski definition) is 4. The Morgan fingerprint density at radius 1 is 1.04 bits per heavy atom. The Kier molecular flexibility index (Phi) is 14.3. The van der Waals surface area contributed by atoms with Crippen LogP contribution in [0.5, 0.6) is 11.5 Å². The van der Waals surface area contributed by atoms with E-state index in [1.54, 1.807) is 30.3 Å². The molecule has 0 bridgehead atoms. The number of ether oxygens (including phenoxy) is 2. The van der Waals surface area contributed by atoms with Gasteiger partial charge in [-0.3, -0.25) is 19.2 Å². The maximum Gasteiger partial charge on any atom is 0.251 e. The highest BCUT2D eigenvalue weighted by Crippen LogP contribution is 2.40. The van der Waals surface area contributed by atoms with Crippen LogP contribution in [0.1, 0.15) is 103 Å². The Balaban J connectivity index is 1.36. The van der Waals surface area contributed by atoms with E-state index in [0.717, 1.165) is 31.2 Å². The molecule has 1 aliphatic carbocycles. The number of oxime groups is 1. The van der Waals surface area contributed by atoms with Crippen LogP contribution in [0.2, 0.25) is 5.02 Å². The summed E-state index contributed by atoms with van der Waals surface area (Å²) in [6, 6.07) is 9.51. The normalized spacial score (nSPS) is 21.4. The summed E-state index contributed by atoms with van der Waals surface area (Å²) in [6.07, 6.45) is 5.36. The van der Waals surface area contributed by atoms with Crippen LogP contribution in [0, 0.1) is 11.3 Å². The monoisotopic (exact) mass is 795 g/mol. The molecule has 4 N–H and O–H groups in total. The topological polar surface area (TPSA) is 168 Å². The van der Waals surface area contributed by atoms with E-state index in [2.05, 4.69) is 21.1 Å². The van der Waals surface area contributed by atoms with Crippen molar-refractivity contribution in [3.05, 3.63) is 58.6 Å². The van der Waals surface area contributed by atoms with Gasteiger partial charge < -0.3 is 40.3 Å². The molecule has 0 aromatic heterocycles. The summed E-state index contributed by atoms with van der Waals surface area (Å²) in [7, 11) is 3.06. The van der Waals surface area contributed by atoms with Gasteiger partial charge in [-0.05, 0) is 60.4 Å². The molecule has 1 unspecified atom stereocenters. The summed E-state index contributed by atoms with van der Waals surface area (Å²) < 4.78 is 10.7. The smallest absolute Gasteiger partial charge is 0.251 e. The molecule has 306 valence electrons. The van der Waals surface area contributed by atoms with Crippen LogP contribution in [0.3, 0.4) is 0 Å². The van der Waals surface area contributed by atoms with Gasteiger partial charge in [0.05, 0.1) is 32.5 Å². The van der Waals surface area contributed by atoms with Crippen LogP contribution < -0.4 is 25.4 Å². The number of halogens is 1. The number of aliphatic hydroxyl groups excluding tert-OH is 1. The molecular weight excluding hydrogens is 738 g/mol. The minimum Gasteiger partial charge on any atom is -0.497 e. The fourth-order valence-electron chi connectivity index (χ4n) is 7.98. The second kappa shape index (κ2) is 18.7. The predicted octanol–water partition coefficient (Wildman–Crippen LogP) is 5.28. The van der Waals surface area contributed by atoms with Crippen molar-refractivity contribution in [2.75, 3.05) is 20.8 Å². The minimum atomic E-state index is -1.59. The number of carbonyl (C=O) groups excluding carboxylic acids is 4. The highest BCUT2D eigenvalue weighted by atomic mass is 35.5. The van der Waals surface area contributed by atoms with E-state index >= 15 is 0 Å². The van der Waals surface area contributed by atoms with Crippen molar-refractivity contribution in [2.24, 2.45) is 16.5 Å². The Morgan fingerprint density at radius 2 is 1.73 bits per heavy atom. The maximum atomic E-state index is 14.7. The zero-order valence-corrected chi connectivity index (χ0v) is 34.2.